The highest BCUT2D eigenvalue weighted by Gasteiger charge is 2.22. The normalized spacial score (nSPS) is 15.7. The van der Waals surface area contributed by atoms with E-state index in [-0.39, 0.29) is 11.8 Å². The predicted molar refractivity (Wildman–Crippen MR) is 83.5 cm³/mol. The molecule has 0 spiro atoms. The maximum absolute atomic E-state index is 12.4. The molecule has 1 saturated heterocycles. The second kappa shape index (κ2) is 7.46. The van der Waals surface area contributed by atoms with Crippen LogP contribution in [0.1, 0.15) is 36.5 Å². The van der Waals surface area contributed by atoms with Gasteiger partial charge in [-0.3, -0.25) is 9.59 Å². The molecular formula is C16H21ClN2O2. The number of carbonyl (C=O) groups excluding carboxylic acids is 2. The van der Waals surface area contributed by atoms with Gasteiger partial charge in [-0.15, -0.1) is 0 Å². The van der Waals surface area contributed by atoms with Crippen LogP contribution in [-0.4, -0.2) is 47.8 Å². The molecule has 1 aliphatic heterocycles. The van der Waals surface area contributed by atoms with Crippen LogP contribution in [0.25, 0.3) is 0 Å². The Bertz CT molecular complexity index is 502. The standard InChI is InChI=1S/C16H21ClN2O2/c1-2-4-15(20)18-9-3-10-19(12-11-18)16(21)13-5-7-14(17)8-6-13/h5-8H,2-4,9-12H2,1H3. The van der Waals surface area contributed by atoms with Crippen molar-refractivity contribution in [3.05, 3.63) is 34.9 Å². The molecule has 1 fully saturated rings. The molecule has 0 aliphatic carbocycles. The van der Waals surface area contributed by atoms with Crippen molar-refractivity contribution in [2.75, 3.05) is 26.2 Å². The molecule has 21 heavy (non-hydrogen) atoms. The van der Waals surface area contributed by atoms with Gasteiger partial charge in [0.1, 0.15) is 0 Å². The molecule has 0 saturated carbocycles. The van der Waals surface area contributed by atoms with E-state index in [9.17, 15) is 9.59 Å². The first-order valence-corrected chi connectivity index (χ1v) is 7.82. The van der Waals surface area contributed by atoms with Crippen molar-refractivity contribution in [2.24, 2.45) is 0 Å². The summed E-state index contributed by atoms with van der Waals surface area (Å²) in [6.45, 7) is 4.65. The lowest BCUT2D eigenvalue weighted by molar-refractivity contribution is -0.131. The van der Waals surface area contributed by atoms with Crippen molar-refractivity contribution in [3.63, 3.8) is 0 Å². The monoisotopic (exact) mass is 308 g/mol. The fourth-order valence-electron chi connectivity index (χ4n) is 2.52. The van der Waals surface area contributed by atoms with Crippen LogP contribution in [0.3, 0.4) is 0 Å². The van der Waals surface area contributed by atoms with Gasteiger partial charge in [0.2, 0.25) is 5.91 Å². The summed E-state index contributed by atoms with van der Waals surface area (Å²) in [5.41, 5.74) is 0.646. The zero-order chi connectivity index (χ0) is 15.2. The highest BCUT2D eigenvalue weighted by molar-refractivity contribution is 6.30. The molecule has 1 aromatic rings. The zero-order valence-electron chi connectivity index (χ0n) is 12.3. The van der Waals surface area contributed by atoms with E-state index >= 15 is 0 Å². The quantitative estimate of drug-likeness (QED) is 0.861. The third-order valence-electron chi connectivity index (χ3n) is 3.69. The Labute approximate surface area is 130 Å². The van der Waals surface area contributed by atoms with Gasteiger partial charge in [0, 0.05) is 43.2 Å². The number of nitrogens with zero attached hydrogens (tertiary/aromatic N) is 2. The fourth-order valence-corrected chi connectivity index (χ4v) is 2.64. The third-order valence-corrected chi connectivity index (χ3v) is 3.94. The molecule has 2 rings (SSSR count). The molecule has 0 unspecified atom stereocenters. The van der Waals surface area contributed by atoms with Crippen LogP contribution < -0.4 is 0 Å². The highest BCUT2D eigenvalue weighted by Crippen LogP contribution is 2.13. The first kappa shape index (κ1) is 15.8. The Morgan fingerprint density at radius 3 is 2.33 bits per heavy atom. The van der Waals surface area contributed by atoms with Crippen molar-refractivity contribution < 1.29 is 9.59 Å². The Morgan fingerprint density at radius 2 is 1.67 bits per heavy atom. The Morgan fingerprint density at radius 1 is 1.05 bits per heavy atom. The van der Waals surface area contributed by atoms with Gasteiger partial charge in [0.05, 0.1) is 0 Å². The van der Waals surface area contributed by atoms with Gasteiger partial charge >= 0.3 is 0 Å². The van der Waals surface area contributed by atoms with Crippen molar-refractivity contribution >= 4 is 23.4 Å². The maximum Gasteiger partial charge on any atom is 0.253 e. The second-order valence-electron chi connectivity index (χ2n) is 5.28. The lowest BCUT2D eigenvalue weighted by Gasteiger charge is -2.22. The van der Waals surface area contributed by atoms with Crippen molar-refractivity contribution in [1.29, 1.82) is 0 Å². The SMILES string of the molecule is CCCC(=O)N1CCCN(C(=O)c2ccc(Cl)cc2)CC1. The highest BCUT2D eigenvalue weighted by atomic mass is 35.5. The number of hydrogen-bond acceptors (Lipinski definition) is 2. The molecule has 0 radical (unpaired) electrons. The maximum atomic E-state index is 12.4. The van der Waals surface area contributed by atoms with Gasteiger partial charge in [-0.2, -0.15) is 0 Å². The smallest absolute Gasteiger partial charge is 0.253 e. The molecular weight excluding hydrogens is 288 g/mol. The van der Waals surface area contributed by atoms with E-state index < -0.39 is 0 Å². The van der Waals surface area contributed by atoms with Crippen LogP contribution in [0.15, 0.2) is 24.3 Å². The van der Waals surface area contributed by atoms with Crippen LogP contribution in [0, 0.1) is 0 Å². The predicted octanol–water partition coefficient (Wildman–Crippen LogP) is 2.81. The van der Waals surface area contributed by atoms with Crippen molar-refractivity contribution in [2.45, 2.75) is 26.2 Å². The average Bonchev–Trinajstić information content (AvgIpc) is 2.73. The van der Waals surface area contributed by atoms with Crippen molar-refractivity contribution in [3.8, 4) is 0 Å². The Kier molecular flexibility index (Phi) is 5.62. The number of carbonyl (C=O) groups is 2. The molecule has 1 aromatic carbocycles. The van der Waals surface area contributed by atoms with E-state index in [0.29, 0.717) is 36.6 Å². The molecule has 0 N–H and O–H groups in total. The molecule has 5 heteroatoms. The largest absolute Gasteiger partial charge is 0.341 e. The second-order valence-corrected chi connectivity index (χ2v) is 5.72. The van der Waals surface area contributed by atoms with E-state index in [4.69, 9.17) is 11.6 Å². The first-order chi connectivity index (χ1) is 10.1. The summed E-state index contributed by atoms with van der Waals surface area (Å²) in [5.74, 6) is 0.203. The minimum absolute atomic E-state index is 0.0106. The van der Waals surface area contributed by atoms with Crippen LogP contribution in [-0.2, 0) is 4.79 Å². The molecule has 1 aliphatic rings. The van der Waals surface area contributed by atoms with Crippen LogP contribution in [0.4, 0.5) is 0 Å². The fraction of sp³-hybridized carbons (Fsp3) is 0.500. The minimum atomic E-state index is 0.0106. The van der Waals surface area contributed by atoms with Gasteiger partial charge in [0.15, 0.2) is 0 Å². The van der Waals surface area contributed by atoms with Crippen LogP contribution in [0.5, 0.6) is 0 Å². The molecule has 1 heterocycles. The molecule has 114 valence electrons. The topological polar surface area (TPSA) is 40.6 Å². The minimum Gasteiger partial charge on any atom is -0.341 e. The lowest BCUT2D eigenvalue weighted by Crippen LogP contribution is -2.37. The van der Waals surface area contributed by atoms with Gasteiger partial charge in [0.25, 0.3) is 5.91 Å². The number of hydrogen-bond donors (Lipinski definition) is 0. The van der Waals surface area contributed by atoms with Crippen LogP contribution >= 0.6 is 11.6 Å². The van der Waals surface area contributed by atoms with Gasteiger partial charge < -0.3 is 9.80 Å². The van der Waals surface area contributed by atoms with Gasteiger partial charge in [-0.25, -0.2) is 0 Å². The van der Waals surface area contributed by atoms with Crippen LogP contribution in [0.2, 0.25) is 5.02 Å². The van der Waals surface area contributed by atoms with E-state index in [1.807, 2.05) is 16.7 Å². The van der Waals surface area contributed by atoms with Crippen molar-refractivity contribution in [1.82, 2.24) is 9.80 Å². The number of benzene rings is 1. The number of amides is 2. The average molecular weight is 309 g/mol. The summed E-state index contributed by atoms with van der Waals surface area (Å²) in [5, 5.41) is 0.624. The summed E-state index contributed by atoms with van der Waals surface area (Å²) in [6, 6.07) is 6.94. The lowest BCUT2D eigenvalue weighted by atomic mass is 10.2. The third kappa shape index (κ3) is 4.21. The summed E-state index contributed by atoms with van der Waals surface area (Å²) in [7, 11) is 0. The van der Waals surface area contributed by atoms with E-state index in [2.05, 4.69) is 0 Å². The summed E-state index contributed by atoms with van der Waals surface area (Å²) in [6.07, 6.45) is 2.28. The zero-order valence-corrected chi connectivity index (χ0v) is 13.1. The molecule has 0 atom stereocenters. The molecule has 4 nitrogen and oxygen atoms in total. The Balaban J connectivity index is 1.97. The van der Waals surface area contributed by atoms with Gasteiger partial charge in [-0.1, -0.05) is 18.5 Å². The van der Waals surface area contributed by atoms with E-state index in [0.717, 1.165) is 19.4 Å². The Hall–Kier alpha value is -1.55. The molecule has 2 amide bonds. The van der Waals surface area contributed by atoms with E-state index in [1.54, 1.807) is 24.3 Å². The molecule has 0 aromatic heterocycles. The molecule has 0 bridgehead atoms. The summed E-state index contributed by atoms with van der Waals surface area (Å²) >= 11 is 5.84. The van der Waals surface area contributed by atoms with E-state index in [1.165, 1.54) is 0 Å². The number of rotatable bonds is 3. The number of halogens is 1. The summed E-state index contributed by atoms with van der Waals surface area (Å²) < 4.78 is 0. The van der Waals surface area contributed by atoms with Gasteiger partial charge in [-0.05, 0) is 37.1 Å². The summed E-state index contributed by atoms with van der Waals surface area (Å²) in [4.78, 5) is 28.1. The first-order valence-electron chi connectivity index (χ1n) is 7.44.